The van der Waals surface area contributed by atoms with Gasteiger partial charge < -0.3 is 10.2 Å². The fourth-order valence-corrected chi connectivity index (χ4v) is 3.70. The van der Waals surface area contributed by atoms with Gasteiger partial charge in [0.25, 0.3) is 0 Å². The minimum absolute atomic E-state index is 0. The molecule has 1 N–H and O–H groups in total. The molecule has 0 bridgehead atoms. The molecule has 0 aliphatic carbocycles. The first-order valence-corrected chi connectivity index (χ1v) is 8.42. The Hall–Kier alpha value is -1.06. The lowest BCUT2D eigenvalue weighted by Gasteiger charge is -2.34. The predicted molar refractivity (Wildman–Crippen MR) is 92.2 cm³/mol. The van der Waals surface area contributed by atoms with Gasteiger partial charge in [0, 0.05) is 12.5 Å². The lowest BCUT2D eigenvalue weighted by Crippen LogP contribution is -2.42. The van der Waals surface area contributed by atoms with Gasteiger partial charge in [-0.3, -0.25) is 4.79 Å². The van der Waals surface area contributed by atoms with Crippen LogP contribution < -0.4 is 5.32 Å². The van der Waals surface area contributed by atoms with Crippen molar-refractivity contribution in [2.24, 2.45) is 5.92 Å². The number of nitrogens with zero attached hydrogens (tertiary/aromatic N) is 1. The zero-order valence-corrected chi connectivity index (χ0v) is 14.0. The van der Waals surface area contributed by atoms with Gasteiger partial charge in [0.05, 0.1) is 6.04 Å². The third kappa shape index (κ3) is 4.02. The molecule has 1 amide bonds. The molecule has 0 aromatic heterocycles. The molecule has 22 heavy (non-hydrogen) atoms. The monoisotopic (exact) mass is 322 g/mol. The van der Waals surface area contributed by atoms with E-state index in [-0.39, 0.29) is 24.4 Å². The van der Waals surface area contributed by atoms with Crippen molar-refractivity contribution in [1.29, 1.82) is 0 Å². The smallest absolute Gasteiger partial charge is 0.226 e. The van der Waals surface area contributed by atoms with Crippen molar-refractivity contribution in [3.05, 3.63) is 35.9 Å². The van der Waals surface area contributed by atoms with Gasteiger partial charge in [-0.05, 0) is 44.3 Å². The van der Waals surface area contributed by atoms with E-state index in [0.29, 0.717) is 5.91 Å². The van der Waals surface area contributed by atoms with E-state index in [2.05, 4.69) is 40.5 Å². The van der Waals surface area contributed by atoms with Gasteiger partial charge in [-0.15, -0.1) is 12.4 Å². The van der Waals surface area contributed by atoms with E-state index in [1.807, 2.05) is 0 Å². The quantitative estimate of drug-likeness (QED) is 0.903. The zero-order chi connectivity index (χ0) is 14.5. The molecule has 2 heterocycles. The van der Waals surface area contributed by atoms with E-state index in [0.717, 1.165) is 45.3 Å². The Labute approximate surface area is 139 Å². The fourth-order valence-electron chi connectivity index (χ4n) is 3.70. The van der Waals surface area contributed by atoms with Gasteiger partial charge >= 0.3 is 0 Å². The Bertz CT molecular complexity index is 459. The predicted octanol–water partition coefficient (Wildman–Crippen LogP) is 3.55. The molecule has 122 valence electrons. The summed E-state index contributed by atoms with van der Waals surface area (Å²) >= 11 is 0. The van der Waals surface area contributed by atoms with Crippen LogP contribution in [0.3, 0.4) is 0 Å². The van der Waals surface area contributed by atoms with Crippen molar-refractivity contribution in [3.8, 4) is 0 Å². The molecule has 2 aliphatic rings. The van der Waals surface area contributed by atoms with Crippen LogP contribution in [0.2, 0.25) is 0 Å². The number of rotatable bonds is 2. The third-order valence-electron chi connectivity index (χ3n) is 4.91. The summed E-state index contributed by atoms with van der Waals surface area (Å²) in [7, 11) is 0. The lowest BCUT2D eigenvalue weighted by atomic mass is 9.94. The molecule has 2 aliphatic heterocycles. The van der Waals surface area contributed by atoms with E-state index in [4.69, 9.17) is 0 Å². The van der Waals surface area contributed by atoms with Crippen molar-refractivity contribution < 1.29 is 4.79 Å². The van der Waals surface area contributed by atoms with E-state index < -0.39 is 0 Å². The number of carbonyl (C=O) groups excluding carboxylic acids is 1. The van der Waals surface area contributed by atoms with Crippen LogP contribution >= 0.6 is 12.4 Å². The highest BCUT2D eigenvalue weighted by atomic mass is 35.5. The van der Waals surface area contributed by atoms with Gasteiger partial charge in [-0.1, -0.05) is 43.2 Å². The highest BCUT2D eigenvalue weighted by Gasteiger charge is 2.31. The van der Waals surface area contributed by atoms with Crippen LogP contribution in [0.25, 0.3) is 0 Å². The van der Waals surface area contributed by atoms with Gasteiger partial charge in [0.15, 0.2) is 0 Å². The first kappa shape index (κ1) is 17.3. The van der Waals surface area contributed by atoms with Crippen molar-refractivity contribution in [1.82, 2.24) is 10.2 Å². The molecule has 3 rings (SSSR count). The first-order valence-electron chi connectivity index (χ1n) is 8.42. The number of benzene rings is 1. The molecule has 0 radical (unpaired) electrons. The largest absolute Gasteiger partial charge is 0.335 e. The Balaban J connectivity index is 0.00000176. The number of amides is 1. The third-order valence-corrected chi connectivity index (χ3v) is 4.91. The minimum atomic E-state index is 0. The van der Waals surface area contributed by atoms with E-state index in [9.17, 15) is 4.79 Å². The summed E-state index contributed by atoms with van der Waals surface area (Å²) in [4.78, 5) is 15.2. The van der Waals surface area contributed by atoms with Crippen LogP contribution in [0, 0.1) is 5.92 Å². The van der Waals surface area contributed by atoms with Crippen LogP contribution in [0.15, 0.2) is 30.3 Å². The Kier molecular flexibility index (Phi) is 6.71. The summed E-state index contributed by atoms with van der Waals surface area (Å²) in [6.45, 7) is 2.91. The molecule has 0 saturated carbocycles. The van der Waals surface area contributed by atoms with Crippen LogP contribution in [-0.2, 0) is 4.79 Å². The van der Waals surface area contributed by atoms with Gasteiger partial charge in [-0.2, -0.15) is 0 Å². The van der Waals surface area contributed by atoms with Gasteiger partial charge in [-0.25, -0.2) is 0 Å². The van der Waals surface area contributed by atoms with Gasteiger partial charge in [0.2, 0.25) is 5.91 Å². The zero-order valence-electron chi connectivity index (χ0n) is 13.2. The van der Waals surface area contributed by atoms with Crippen molar-refractivity contribution in [2.75, 3.05) is 19.6 Å². The maximum atomic E-state index is 13.0. The van der Waals surface area contributed by atoms with Crippen LogP contribution in [0.1, 0.15) is 50.1 Å². The lowest BCUT2D eigenvalue weighted by molar-refractivity contribution is -0.138. The fraction of sp³-hybridized carbons (Fsp3) is 0.611. The maximum absolute atomic E-state index is 13.0. The molecule has 2 saturated heterocycles. The van der Waals surface area contributed by atoms with Crippen LogP contribution in [0.4, 0.5) is 0 Å². The summed E-state index contributed by atoms with van der Waals surface area (Å²) in [5.41, 5.74) is 1.31. The highest BCUT2D eigenvalue weighted by molar-refractivity contribution is 5.85. The van der Waals surface area contributed by atoms with Crippen LogP contribution in [0.5, 0.6) is 0 Å². The molecule has 1 aromatic carbocycles. The summed E-state index contributed by atoms with van der Waals surface area (Å²) in [5.74, 6) is 0.628. The average Bonchev–Trinajstić information content (AvgIpc) is 2.81. The number of halogens is 1. The average molecular weight is 323 g/mol. The summed E-state index contributed by atoms with van der Waals surface area (Å²) in [6.07, 6.45) is 6.74. The summed E-state index contributed by atoms with van der Waals surface area (Å²) in [6, 6.07) is 10.9. The van der Waals surface area contributed by atoms with Crippen LogP contribution in [-0.4, -0.2) is 30.4 Å². The standard InChI is InChI=1S/C18H26N2O.ClH/c21-18(16-10-12-19-13-11-16)20-14-6-2-5-9-17(20)15-7-3-1-4-8-15;/h1,3-4,7-8,16-17,19H,2,5-6,9-14H2;1H. The number of piperidine rings is 1. The normalized spacial score (nSPS) is 23.5. The van der Waals surface area contributed by atoms with Gasteiger partial charge in [0.1, 0.15) is 0 Å². The number of hydrogen-bond acceptors (Lipinski definition) is 2. The molecule has 4 heteroatoms. The highest BCUT2D eigenvalue weighted by Crippen LogP contribution is 2.32. The number of hydrogen-bond donors (Lipinski definition) is 1. The maximum Gasteiger partial charge on any atom is 0.226 e. The molecule has 1 aromatic rings. The Morgan fingerprint density at radius 3 is 2.45 bits per heavy atom. The molecule has 3 nitrogen and oxygen atoms in total. The minimum Gasteiger partial charge on any atom is -0.335 e. The molecule has 2 fully saturated rings. The van der Waals surface area contributed by atoms with E-state index in [1.54, 1.807) is 0 Å². The summed E-state index contributed by atoms with van der Waals surface area (Å²) < 4.78 is 0. The number of nitrogens with one attached hydrogen (secondary N) is 1. The van der Waals surface area contributed by atoms with Crippen molar-refractivity contribution in [2.45, 2.75) is 44.6 Å². The van der Waals surface area contributed by atoms with E-state index >= 15 is 0 Å². The van der Waals surface area contributed by atoms with E-state index in [1.165, 1.54) is 18.4 Å². The Morgan fingerprint density at radius 1 is 1.00 bits per heavy atom. The topological polar surface area (TPSA) is 32.3 Å². The second-order valence-corrected chi connectivity index (χ2v) is 6.33. The molecule has 0 spiro atoms. The second-order valence-electron chi connectivity index (χ2n) is 6.33. The SMILES string of the molecule is Cl.O=C(C1CCNCC1)N1CCCCCC1c1ccccc1. The Morgan fingerprint density at radius 2 is 1.73 bits per heavy atom. The molecular weight excluding hydrogens is 296 g/mol. The molecular formula is C18H27ClN2O. The molecule has 1 unspecified atom stereocenters. The number of likely N-dealkylation sites (tertiary alicyclic amines) is 1. The van der Waals surface area contributed by atoms with Crippen molar-refractivity contribution >= 4 is 18.3 Å². The first-order chi connectivity index (χ1) is 10.4. The molecule has 1 atom stereocenters. The summed E-state index contributed by atoms with van der Waals surface area (Å²) in [5, 5.41) is 3.36. The number of carbonyl (C=O) groups is 1. The van der Waals surface area contributed by atoms with Crippen molar-refractivity contribution in [3.63, 3.8) is 0 Å². The second kappa shape index (κ2) is 8.54.